The first kappa shape index (κ1) is 22.1. The Bertz CT molecular complexity index is 660. The molecular weight excluding hydrogens is 384 g/mol. The number of morpholine rings is 1. The lowest BCUT2D eigenvalue weighted by Gasteiger charge is -2.23. The van der Waals surface area contributed by atoms with Crippen molar-refractivity contribution in [2.75, 3.05) is 46.0 Å². The van der Waals surface area contributed by atoms with E-state index in [9.17, 15) is 9.59 Å². The van der Waals surface area contributed by atoms with Gasteiger partial charge in [0, 0.05) is 23.7 Å². The topological polar surface area (TPSA) is 93.5 Å². The standard InChI is InChI=1S/C19H27ClN4O4/c1-15(13-18(25)21-7-2-8-24-9-11-27-12-10-24)22-23-19(26)14-28-17-5-3-16(20)4-6-17/h3-6H,2,7-14H2,1H3,(H,21,25)(H,23,26)/p+1/b22-15-. The van der Waals surface area contributed by atoms with Crippen LogP contribution in [-0.4, -0.2) is 63.5 Å². The molecule has 9 heteroatoms. The number of quaternary nitrogens is 1. The molecule has 154 valence electrons. The van der Waals surface area contributed by atoms with Gasteiger partial charge in [-0.2, -0.15) is 5.10 Å². The summed E-state index contributed by atoms with van der Waals surface area (Å²) in [7, 11) is 0. The van der Waals surface area contributed by atoms with Gasteiger partial charge in [-0.25, -0.2) is 5.43 Å². The largest absolute Gasteiger partial charge is 0.484 e. The van der Waals surface area contributed by atoms with Gasteiger partial charge in [-0.05, 0) is 31.2 Å². The first-order valence-corrected chi connectivity index (χ1v) is 9.79. The fourth-order valence-corrected chi connectivity index (χ4v) is 2.81. The van der Waals surface area contributed by atoms with E-state index in [0.29, 0.717) is 23.0 Å². The van der Waals surface area contributed by atoms with Crippen LogP contribution >= 0.6 is 11.6 Å². The van der Waals surface area contributed by atoms with Gasteiger partial charge in [-0.3, -0.25) is 9.59 Å². The summed E-state index contributed by atoms with van der Waals surface area (Å²) < 4.78 is 10.6. The zero-order valence-corrected chi connectivity index (χ0v) is 16.9. The van der Waals surface area contributed by atoms with Crippen LogP contribution in [0.4, 0.5) is 0 Å². The Kier molecular flexibility index (Phi) is 9.74. The van der Waals surface area contributed by atoms with Gasteiger partial charge in [0.25, 0.3) is 5.91 Å². The van der Waals surface area contributed by atoms with Crippen LogP contribution in [0, 0.1) is 0 Å². The van der Waals surface area contributed by atoms with Crippen molar-refractivity contribution in [3.8, 4) is 5.75 Å². The van der Waals surface area contributed by atoms with Crippen LogP contribution < -0.4 is 20.4 Å². The highest BCUT2D eigenvalue weighted by atomic mass is 35.5. The van der Waals surface area contributed by atoms with Crippen molar-refractivity contribution in [2.24, 2.45) is 5.10 Å². The number of hydrogen-bond acceptors (Lipinski definition) is 5. The average molecular weight is 412 g/mol. The summed E-state index contributed by atoms with van der Waals surface area (Å²) in [4.78, 5) is 25.2. The number of hydrogen-bond donors (Lipinski definition) is 3. The molecule has 0 spiro atoms. The molecule has 1 heterocycles. The Labute approximate surface area is 170 Å². The Morgan fingerprint density at radius 2 is 1.93 bits per heavy atom. The molecule has 8 nitrogen and oxygen atoms in total. The van der Waals surface area contributed by atoms with Gasteiger partial charge in [-0.15, -0.1) is 0 Å². The van der Waals surface area contributed by atoms with E-state index in [2.05, 4.69) is 15.8 Å². The molecule has 1 saturated heterocycles. The number of nitrogens with zero attached hydrogens (tertiary/aromatic N) is 1. The minimum absolute atomic E-state index is 0.107. The highest BCUT2D eigenvalue weighted by Crippen LogP contribution is 2.15. The SMILES string of the molecule is C/C(CC(=O)NCCC[NH+]1CCOCC1)=N/NC(=O)COc1ccc(Cl)cc1. The van der Waals surface area contributed by atoms with Crippen LogP contribution in [0.3, 0.4) is 0 Å². The molecule has 3 N–H and O–H groups in total. The van der Waals surface area contributed by atoms with E-state index < -0.39 is 5.91 Å². The van der Waals surface area contributed by atoms with E-state index in [0.717, 1.165) is 39.3 Å². The molecule has 1 aromatic carbocycles. The van der Waals surface area contributed by atoms with Crippen molar-refractivity contribution < 1.29 is 24.0 Å². The Balaban J connectivity index is 1.56. The fraction of sp³-hybridized carbons (Fsp3) is 0.526. The smallest absolute Gasteiger partial charge is 0.277 e. The van der Waals surface area contributed by atoms with Crippen LogP contribution in [0.5, 0.6) is 5.75 Å². The fourth-order valence-electron chi connectivity index (χ4n) is 2.68. The third-order valence-corrected chi connectivity index (χ3v) is 4.45. The quantitative estimate of drug-likeness (QED) is 0.287. The summed E-state index contributed by atoms with van der Waals surface area (Å²) in [6.07, 6.45) is 1.07. The van der Waals surface area contributed by atoms with Crippen molar-refractivity contribution >= 4 is 29.1 Å². The molecule has 1 aliphatic rings. The third-order valence-electron chi connectivity index (χ3n) is 4.20. The molecule has 0 bridgehead atoms. The number of amides is 2. The summed E-state index contributed by atoms with van der Waals surface area (Å²) in [6, 6.07) is 6.71. The Hall–Kier alpha value is -2.16. The number of ether oxygens (including phenoxy) is 2. The van der Waals surface area contributed by atoms with Gasteiger partial charge in [0.05, 0.1) is 26.2 Å². The minimum atomic E-state index is -0.400. The van der Waals surface area contributed by atoms with Crippen LogP contribution in [0.2, 0.25) is 5.02 Å². The predicted octanol–water partition coefficient (Wildman–Crippen LogP) is 0.0224. The first-order valence-electron chi connectivity index (χ1n) is 9.41. The zero-order chi connectivity index (χ0) is 20.2. The Morgan fingerprint density at radius 3 is 2.64 bits per heavy atom. The molecule has 0 aromatic heterocycles. The molecule has 0 saturated carbocycles. The normalized spacial score (nSPS) is 15.1. The van der Waals surface area contributed by atoms with Crippen molar-refractivity contribution in [3.05, 3.63) is 29.3 Å². The second kappa shape index (κ2) is 12.3. The maximum absolute atomic E-state index is 11.9. The van der Waals surface area contributed by atoms with Gasteiger partial charge in [0.15, 0.2) is 6.61 Å². The van der Waals surface area contributed by atoms with E-state index in [4.69, 9.17) is 21.1 Å². The molecule has 2 rings (SSSR count). The molecule has 2 amide bonds. The summed E-state index contributed by atoms with van der Waals surface area (Å²) >= 11 is 5.79. The number of halogens is 1. The van der Waals surface area contributed by atoms with Crippen molar-refractivity contribution in [2.45, 2.75) is 19.8 Å². The Morgan fingerprint density at radius 1 is 1.21 bits per heavy atom. The lowest BCUT2D eigenvalue weighted by Crippen LogP contribution is -3.14. The molecule has 1 aliphatic heterocycles. The summed E-state index contributed by atoms with van der Waals surface area (Å²) in [5.74, 6) is 0.0339. The van der Waals surface area contributed by atoms with Crippen LogP contribution in [0.15, 0.2) is 29.4 Å². The highest BCUT2D eigenvalue weighted by Gasteiger charge is 2.13. The lowest BCUT2D eigenvalue weighted by atomic mass is 10.3. The molecule has 1 fully saturated rings. The van der Waals surface area contributed by atoms with Gasteiger partial charge >= 0.3 is 0 Å². The monoisotopic (exact) mass is 411 g/mol. The molecule has 1 aromatic rings. The lowest BCUT2D eigenvalue weighted by molar-refractivity contribution is -0.908. The number of hydrazone groups is 1. The van der Waals surface area contributed by atoms with Crippen LogP contribution in [0.25, 0.3) is 0 Å². The summed E-state index contributed by atoms with van der Waals surface area (Å²) in [5, 5.41) is 7.40. The van der Waals surface area contributed by atoms with Crippen molar-refractivity contribution in [1.29, 1.82) is 0 Å². The zero-order valence-electron chi connectivity index (χ0n) is 16.1. The molecule has 0 aliphatic carbocycles. The molecule has 28 heavy (non-hydrogen) atoms. The number of nitrogens with one attached hydrogen (secondary N) is 3. The van der Waals surface area contributed by atoms with E-state index >= 15 is 0 Å². The average Bonchev–Trinajstić information content (AvgIpc) is 2.70. The van der Waals surface area contributed by atoms with Gasteiger partial charge in [-0.1, -0.05) is 11.6 Å². The maximum Gasteiger partial charge on any atom is 0.277 e. The summed E-state index contributed by atoms with van der Waals surface area (Å²) in [6.45, 7) is 6.87. The molecule has 0 radical (unpaired) electrons. The number of rotatable bonds is 10. The molecule has 0 atom stereocenters. The second-order valence-corrected chi connectivity index (χ2v) is 7.05. The number of carbonyl (C=O) groups is 2. The van der Waals surface area contributed by atoms with Crippen LogP contribution in [0.1, 0.15) is 19.8 Å². The molecular formula is C19H28ClN4O4+. The maximum atomic E-state index is 11.9. The van der Waals surface area contributed by atoms with Crippen molar-refractivity contribution in [3.63, 3.8) is 0 Å². The van der Waals surface area contributed by atoms with Crippen LogP contribution in [-0.2, 0) is 14.3 Å². The van der Waals surface area contributed by atoms with Gasteiger partial charge in [0.1, 0.15) is 18.8 Å². The second-order valence-electron chi connectivity index (χ2n) is 6.62. The number of carbonyl (C=O) groups excluding carboxylic acids is 2. The predicted molar refractivity (Wildman–Crippen MR) is 107 cm³/mol. The minimum Gasteiger partial charge on any atom is -0.484 e. The third kappa shape index (κ3) is 9.16. The number of benzene rings is 1. The van der Waals surface area contributed by atoms with E-state index in [1.807, 2.05) is 0 Å². The van der Waals surface area contributed by atoms with Gasteiger partial charge < -0.3 is 19.7 Å². The first-order chi connectivity index (χ1) is 13.5. The summed E-state index contributed by atoms with van der Waals surface area (Å²) in [5.41, 5.74) is 2.91. The van der Waals surface area contributed by atoms with Gasteiger partial charge in [0.2, 0.25) is 5.91 Å². The van der Waals surface area contributed by atoms with E-state index in [1.54, 1.807) is 31.2 Å². The van der Waals surface area contributed by atoms with E-state index in [1.165, 1.54) is 4.90 Å². The van der Waals surface area contributed by atoms with E-state index in [-0.39, 0.29) is 18.9 Å². The molecule has 0 unspecified atom stereocenters. The van der Waals surface area contributed by atoms with Crippen molar-refractivity contribution in [1.82, 2.24) is 10.7 Å². The highest BCUT2D eigenvalue weighted by molar-refractivity contribution is 6.30.